The summed E-state index contributed by atoms with van der Waals surface area (Å²) in [7, 11) is -3.48. The molecule has 0 unspecified atom stereocenters. The second-order valence-corrected chi connectivity index (χ2v) is 11.6. The predicted molar refractivity (Wildman–Crippen MR) is 142 cm³/mol. The van der Waals surface area contributed by atoms with Crippen molar-refractivity contribution < 1.29 is 13.2 Å². The van der Waals surface area contributed by atoms with Gasteiger partial charge in [-0.15, -0.1) is 0 Å². The number of sulfonamides is 1. The van der Waals surface area contributed by atoms with Gasteiger partial charge < -0.3 is 5.32 Å². The second-order valence-electron chi connectivity index (χ2n) is 9.74. The molecule has 1 N–H and O–H groups in total. The number of hydrogen-bond donors (Lipinski definition) is 1. The van der Waals surface area contributed by atoms with Gasteiger partial charge in [0.2, 0.25) is 10.0 Å². The van der Waals surface area contributed by atoms with Crippen molar-refractivity contribution in [1.29, 1.82) is 0 Å². The third kappa shape index (κ3) is 6.12. The molecule has 0 fully saturated rings. The van der Waals surface area contributed by atoms with Crippen molar-refractivity contribution in [3.63, 3.8) is 0 Å². The number of rotatable bonds is 7. The molecule has 3 aromatic carbocycles. The molecule has 0 bridgehead atoms. The first-order valence-corrected chi connectivity index (χ1v) is 14.0. The van der Waals surface area contributed by atoms with Crippen LogP contribution in [0.5, 0.6) is 0 Å². The molecule has 0 radical (unpaired) electrons. The van der Waals surface area contributed by atoms with Crippen molar-refractivity contribution >= 4 is 21.6 Å². The molecule has 35 heavy (non-hydrogen) atoms. The number of carbonyl (C=O) groups is 1. The monoisotopic (exact) mass is 490 g/mol. The fourth-order valence-corrected chi connectivity index (χ4v) is 5.68. The van der Waals surface area contributed by atoms with E-state index in [1.54, 1.807) is 12.1 Å². The second kappa shape index (κ2) is 10.2. The van der Waals surface area contributed by atoms with Crippen LogP contribution < -0.4 is 9.62 Å². The van der Waals surface area contributed by atoms with Gasteiger partial charge in [0, 0.05) is 5.56 Å². The molecule has 1 aliphatic rings. The zero-order valence-corrected chi connectivity index (χ0v) is 21.8. The Labute approximate surface area is 209 Å². The largest absolute Gasteiger partial charge is 0.346 e. The summed E-state index contributed by atoms with van der Waals surface area (Å²) in [5.41, 5.74) is 7.97. The van der Waals surface area contributed by atoms with Gasteiger partial charge in [-0.1, -0.05) is 36.4 Å². The number of aryl methyl sites for hydroxylation is 4. The van der Waals surface area contributed by atoms with Crippen molar-refractivity contribution in [3.05, 3.63) is 99.6 Å². The average Bonchev–Trinajstić information content (AvgIpc) is 2.81. The molecular weight excluding hydrogens is 456 g/mol. The average molecular weight is 491 g/mol. The Morgan fingerprint density at radius 3 is 2.17 bits per heavy atom. The first-order valence-electron chi connectivity index (χ1n) is 12.2. The van der Waals surface area contributed by atoms with Gasteiger partial charge in [0.15, 0.2) is 0 Å². The molecule has 3 aromatic rings. The van der Waals surface area contributed by atoms with Crippen LogP contribution in [0.25, 0.3) is 0 Å². The van der Waals surface area contributed by atoms with Gasteiger partial charge in [-0.3, -0.25) is 9.10 Å². The van der Waals surface area contributed by atoms with Crippen molar-refractivity contribution in [1.82, 2.24) is 5.32 Å². The van der Waals surface area contributed by atoms with Gasteiger partial charge in [-0.05, 0) is 104 Å². The SMILES string of the molecule is Cc1cc(C)cc(N(Cc2ccc(C(=O)N[C@H](C)c3ccc4c(c3)CCCC4)cc2)S(C)(=O)=O)c1. The number of carbonyl (C=O) groups excluding carboxylic acids is 1. The number of nitrogens with one attached hydrogen (secondary N) is 1. The highest BCUT2D eigenvalue weighted by Crippen LogP contribution is 2.26. The summed E-state index contributed by atoms with van der Waals surface area (Å²) in [6.45, 7) is 6.12. The van der Waals surface area contributed by atoms with Crippen LogP contribution in [0.1, 0.15) is 69.5 Å². The van der Waals surface area contributed by atoms with Gasteiger partial charge in [0.1, 0.15) is 0 Å². The Morgan fingerprint density at radius 1 is 0.914 bits per heavy atom. The van der Waals surface area contributed by atoms with Crippen molar-refractivity contribution in [2.24, 2.45) is 0 Å². The lowest BCUT2D eigenvalue weighted by atomic mass is 9.89. The maximum absolute atomic E-state index is 12.9. The summed E-state index contributed by atoms with van der Waals surface area (Å²) >= 11 is 0. The van der Waals surface area contributed by atoms with E-state index in [-0.39, 0.29) is 18.5 Å². The number of nitrogens with zero attached hydrogens (tertiary/aromatic N) is 1. The highest BCUT2D eigenvalue weighted by molar-refractivity contribution is 7.92. The van der Waals surface area contributed by atoms with E-state index in [1.165, 1.54) is 34.5 Å². The highest BCUT2D eigenvalue weighted by Gasteiger charge is 2.19. The molecule has 0 spiro atoms. The van der Waals surface area contributed by atoms with Gasteiger partial charge in [-0.2, -0.15) is 0 Å². The Bertz CT molecular complexity index is 1310. The maximum Gasteiger partial charge on any atom is 0.251 e. The quantitative estimate of drug-likeness (QED) is 0.466. The van der Waals surface area contributed by atoms with Crippen LogP contribution in [0.2, 0.25) is 0 Å². The lowest BCUT2D eigenvalue weighted by Gasteiger charge is -2.23. The maximum atomic E-state index is 12.9. The standard InChI is InChI=1S/C29H34N2O3S/c1-20-15-21(2)17-28(16-20)31(35(4,33)34)19-23-9-11-25(12-10-23)29(32)30-22(3)26-14-13-24-7-5-6-8-27(24)18-26/h9-18,22H,5-8,19H2,1-4H3,(H,30,32)/t22-/m1/s1. The summed E-state index contributed by atoms with van der Waals surface area (Å²) < 4.78 is 26.5. The third-order valence-electron chi connectivity index (χ3n) is 6.66. The fraction of sp³-hybridized carbons (Fsp3) is 0.345. The summed E-state index contributed by atoms with van der Waals surface area (Å²) in [4.78, 5) is 12.9. The minimum atomic E-state index is -3.48. The Morgan fingerprint density at radius 2 is 1.54 bits per heavy atom. The lowest BCUT2D eigenvalue weighted by Crippen LogP contribution is -2.29. The molecule has 0 saturated heterocycles. The van der Waals surface area contributed by atoms with Crippen molar-refractivity contribution in [3.8, 4) is 0 Å². The minimum absolute atomic E-state index is 0.0975. The van der Waals surface area contributed by atoms with Crippen molar-refractivity contribution in [2.45, 2.75) is 59.0 Å². The van der Waals surface area contributed by atoms with Crippen LogP contribution >= 0.6 is 0 Å². The molecule has 0 saturated carbocycles. The molecule has 0 aromatic heterocycles. The first-order chi connectivity index (χ1) is 16.6. The number of anilines is 1. The third-order valence-corrected chi connectivity index (χ3v) is 7.80. The van der Waals surface area contributed by atoms with Crippen LogP contribution in [-0.4, -0.2) is 20.6 Å². The molecule has 1 amide bonds. The van der Waals surface area contributed by atoms with E-state index in [0.717, 1.165) is 35.1 Å². The number of fused-ring (bicyclic) bond motifs is 1. The number of benzene rings is 3. The summed E-state index contributed by atoms with van der Waals surface area (Å²) in [6.07, 6.45) is 5.94. The van der Waals surface area contributed by atoms with Gasteiger partial charge in [-0.25, -0.2) is 8.42 Å². The summed E-state index contributed by atoms with van der Waals surface area (Å²) in [6, 6.07) is 19.4. The minimum Gasteiger partial charge on any atom is -0.346 e. The van der Waals surface area contributed by atoms with Gasteiger partial charge in [0.25, 0.3) is 5.91 Å². The van der Waals surface area contributed by atoms with E-state index in [0.29, 0.717) is 11.3 Å². The summed E-state index contributed by atoms with van der Waals surface area (Å²) in [5.74, 6) is -0.143. The zero-order chi connectivity index (χ0) is 25.2. The smallest absolute Gasteiger partial charge is 0.251 e. The summed E-state index contributed by atoms with van der Waals surface area (Å²) in [5, 5.41) is 3.10. The molecular formula is C29H34N2O3S. The lowest BCUT2D eigenvalue weighted by molar-refractivity contribution is 0.0940. The first kappa shape index (κ1) is 25.0. The van der Waals surface area contributed by atoms with Crippen LogP contribution in [0.15, 0.2) is 60.7 Å². The normalized spacial score (nSPS) is 14.2. The molecule has 1 aliphatic carbocycles. The van der Waals surface area contributed by atoms with Crippen molar-refractivity contribution in [2.75, 3.05) is 10.6 Å². The van der Waals surface area contributed by atoms with Gasteiger partial charge >= 0.3 is 0 Å². The molecule has 4 rings (SSSR count). The van der Waals surface area contributed by atoms with Crippen LogP contribution in [0.4, 0.5) is 5.69 Å². The predicted octanol–water partition coefficient (Wildman–Crippen LogP) is 5.64. The van der Waals surface area contributed by atoms with Gasteiger partial charge in [0.05, 0.1) is 24.5 Å². The number of amides is 1. The number of hydrogen-bond acceptors (Lipinski definition) is 3. The zero-order valence-electron chi connectivity index (χ0n) is 21.0. The van der Waals surface area contributed by atoms with E-state index in [4.69, 9.17) is 0 Å². The van der Waals surface area contributed by atoms with Crippen LogP contribution in [0.3, 0.4) is 0 Å². The molecule has 1 atom stereocenters. The van der Waals surface area contributed by atoms with Crippen LogP contribution in [-0.2, 0) is 29.4 Å². The van der Waals surface area contributed by atoms with E-state index >= 15 is 0 Å². The fourth-order valence-electron chi connectivity index (χ4n) is 4.81. The highest BCUT2D eigenvalue weighted by atomic mass is 32.2. The van der Waals surface area contributed by atoms with E-state index < -0.39 is 10.0 Å². The van der Waals surface area contributed by atoms with E-state index in [9.17, 15) is 13.2 Å². The Kier molecular flexibility index (Phi) is 7.31. The molecule has 184 valence electrons. The van der Waals surface area contributed by atoms with E-state index in [2.05, 4.69) is 23.5 Å². The molecule has 0 heterocycles. The Balaban J connectivity index is 1.46. The molecule has 6 heteroatoms. The van der Waals surface area contributed by atoms with Crippen LogP contribution in [0, 0.1) is 13.8 Å². The molecule has 0 aliphatic heterocycles. The molecule has 5 nitrogen and oxygen atoms in total. The topological polar surface area (TPSA) is 66.5 Å². The Hall–Kier alpha value is -3.12. The van der Waals surface area contributed by atoms with E-state index in [1.807, 2.05) is 51.1 Å².